The number of carbonyl (C=O) groups is 2. The molecule has 1 aliphatic heterocycles. The predicted molar refractivity (Wildman–Crippen MR) is 130 cm³/mol. The second-order valence-electron chi connectivity index (χ2n) is 8.81. The van der Waals surface area contributed by atoms with Crippen LogP contribution < -0.4 is 10.6 Å². The molecule has 3 aromatic rings. The van der Waals surface area contributed by atoms with Crippen molar-refractivity contribution in [3.8, 4) is 11.3 Å². The maximum atomic E-state index is 14.0. The van der Waals surface area contributed by atoms with Gasteiger partial charge < -0.3 is 20.3 Å². The number of hydrogen-bond donors (Lipinski definition) is 4. The number of aliphatic hydroxyl groups is 2. The third kappa shape index (κ3) is 5.81. The standard InChI is InChI=1S/C24H25F2N5O5S/c1-23(2,30-20(32)18-16(26)12-15(25)13-27-18)21(33)29-22-28-17(14-6-4-3-5-7-14)19(37-22)24(34,35)31-8-10-36-11-9-31/h3-7,12-13,34-35H,8-11H2,1-2H3,(H,30,32)(H,28,29,33). The lowest BCUT2D eigenvalue weighted by atomic mass is 10.0. The van der Waals surface area contributed by atoms with Gasteiger partial charge in [-0.3, -0.25) is 14.9 Å². The summed E-state index contributed by atoms with van der Waals surface area (Å²) in [6.45, 7) is 3.95. The molecule has 196 valence electrons. The Morgan fingerprint density at radius 3 is 2.46 bits per heavy atom. The lowest BCUT2D eigenvalue weighted by Crippen LogP contribution is -2.52. The third-order valence-corrected chi connectivity index (χ3v) is 6.73. The highest BCUT2D eigenvalue weighted by molar-refractivity contribution is 7.16. The van der Waals surface area contributed by atoms with Gasteiger partial charge in [0.2, 0.25) is 0 Å². The van der Waals surface area contributed by atoms with E-state index < -0.39 is 40.6 Å². The van der Waals surface area contributed by atoms with Crippen molar-refractivity contribution in [3.05, 3.63) is 64.8 Å². The van der Waals surface area contributed by atoms with Crippen molar-refractivity contribution in [3.63, 3.8) is 0 Å². The van der Waals surface area contributed by atoms with E-state index in [0.29, 0.717) is 31.0 Å². The van der Waals surface area contributed by atoms with Crippen LogP contribution in [0.2, 0.25) is 0 Å². The maximum Gasteiger partial charge on any atom is 0.273 e. The van der Waals surface area contributed by atoms with Crippen LogP contribution in [0.3, 0.4) is 0 Å². The van der Waals surface area contributed by atoms with Gasteiger partial charge in [0.15, 0.2) is 16.6 Å². The average Bonchev–Trinajstić information content (AvgIpc) is 3.29. The second-order valence-corrected chi connectivity index (χ2v) is 9.81. The van der Waals surface area contributed by atoms with Gasteiger partial charge >= 0.3 is 0 Å². The molecular weight excluding hydrogens is 508 g/mol. The number of amides is 2. The molecule has 1 saturated heterocycles. The quantitative estimate of drug-likeness (QED) is 0.339. The minimum absolute atomic E-state index is 0.0491. The fraction of sp³-hybridized carbons (Fsp3) is 0.333. The van der Waals surface area contributed by atoms with Crippen LogP contribution in [0.4, 0.5) is 13.9 Å². The predicted octanol–water partition coefficient (Wildman–Crippen LogP) is 2.06. The topological polar surface area (TPSA) is 137 Å². The summed E-state index contributed by atoms with van der Waals surface area (Å²) in [5.74, 6) is -6.22. The van der Waals surface area contributed by atoms with Crippen molar-refractivity contribution >= 4 is 28.3 Å². The van der Waals surface area contributed by atoms with Crippen molar-refractivity contribution < 1.29 is 33.3 Å². The van der Waals surface area contributed by atoms with E-state index in [-0.39, 0.29) is 28.8 Å². The number of nitrogens with one attached hydrogen (secondary N) is 2. The van der Waals surface area contributed by atoms with Gasteiger partial charge in [0, 0.05) is 24.7 Å². The number of thiazole rings is 1. The zero-order valence-electron chi connectivity index (χ0n) is 20.0. The van der Waals surface area contributed by atoms with E-state index in [1.54, 1.807) is 30.3 Å². The molecule has 0 atom stereocenters. The molecule has 0 aliphatic carbocycles. The summed E-state index contributed by atoms with van der Waals surface area (Å²) < 4.78 is 32.4. The molecule has 2 aromatic heterocycles. The minimum Gasteiger partial charge on any atom is -0.379 e. The Morgan fingerprint density at radius 1 is 1.14 bits per heavy atom. The van der Waals surface area contributed by atoms with Crippen LogP contribution in [0.15, 0.2) is 42.6 Å². The Bertz CT molecular complexity index is 1300. The first kappa shape index (κ1) is 26.7. The molecule has 3 heterocycles. The van der Waals surface area contributed by atoms with Crippen LogP contribution in [-0.4, -0.2) is 68.7 Å². The first-order chi connectivity index (χ1) is 17.5. The Morgan fingerprint density at radius 2 is 1.81 bits per heavy atom. The first-order valence-corrected chi connectivity index (χ1v) is 12.1. The molecule has 0 bridgehead atoms. The summed E-state index contributed by atoms with van der Waals surface area (Å²) in [6.07, 6.45) is 0.692. The number of pyridine rings is 1. The van der Waals surface area contributed by atoms with E-state index in [1.807, 2.05) is 0 Å². The van der Waals surface area contributed by atoms with E-state index in [0.717, 1.165) is 11.3 Å². The number of anilines is 1. The number of halogens is 2. The molecule has 2 amide bonds. The Kier molecular flexibility index (Phi) is 7.62. The largest absolute Gasteiger partial charge is 0.379 e. The smallest absolute Gasteiger partial charge is 0.273 e. The summed E-state index contributed by atoms with van der Waals surface area (Å²) in [7, 11) is 0. The van der Waals surface area contributed by atoms with Gasteiger partial charge in [0.25, 0.3) is 17.7 Å². The molecular formula is C24H25F2N5O5S. The van der Waals surface area contributed by atoms with Gasteiger partial charge in [-0.05, 0) is 13.8 Å². The van der Waals surface area contributed by atoms with Gasteiger partial charge in [-0.15, -0.1) is 0 Å². The van der Waals surface area contributed by atoms with Crippen LogP contribution in [0, 0.1) is 11.6 Å². The van der Waals surface area contributed by atoms with Crippen LogP contribution in [0.5, 0.6) is 0 Å². The summed E-state index contributed by atoms with van der Waals surface area (Å²) in [6, 6.07) is 9.34. The molecule has 4 rings (SSSR count). The van der Waals surface area contributed by atoms with E-state index in [4.69, 9.17) is 4.74 Å². The number of benzene rings is 1. The lowest BCUT2D eigenvalue weighted by molar-refractivity contribution is -0.284. The van der Waals surface area contributed by atoms with Crippen molar-refractivity contribution in [2.24, 2.45) is 0 Å². The van der Waals surface area contributed by atoms with Crippen LogP contribution in [0.1, 0.15) is 29.2 Å². The van der Waals surface area contributed by atoms with Crippen molar-refractivity contribution in [2.75, 3.05) is 31.6 Å². The minimum atomic E-state index is -2.38. The van der Waals surface area contributed by atoms with Crippen molar-refractivity contribution in [1.82, 2.24) is 20.2 Å². The molecule has 10 nitrogen and oxygen atoms in total. The Labute approximate surface area is 214 Å². The maximum absolute atomic E-state index is 14.0. The van der Waals surface area contributed by atoms with Crippen molar-refractivity contribution in [1.29, 1.82) is 0 Å². The van der Waals surface area contributed by atoms with E-state index >= 15 is 0 Å². The number of rotatable bonds is 7. The van der Waals surface area contributed by atoms with Gasteiger partial charge in [0.05, 0.1) is 25.1 Å². The highest BCUT2D eigenvalue weighted by Crippen LogP contribution is 2.39. The number of carbonyl (C=O) groups excluding carboxylic acids is 2. The first-order valence-electron chi connectivity index (χ1n) is 11.3. The number of aromatic nitrogens is 2. The van der Waals surface area contributed by atoms with Gasteiger partial charge in [-0.25, -0.2) is 23.6 Å². The summed E-state index contributed by atoms with van der Waals surface area (Å²) in [4.78, 5) is 35.0. The fourth-order valence-electron chi connectivity index (χ4n) is 3.65. The van der Waals surface area contributed by atoms with E-state index in [9.17, 15) is 28.6 Å². The summed E-state index contributed by atoms with van der Waals surface area (Å²) in [5.41, 5.74) is -1.38. The zero-order chi connectivity index (χ0) is 26.8. The molecule has 4 N–H and O–H groups in total. The van der Waals surface area contributed by atoms with Crippen LogP contribution in [0.25, 0.3) is 11.3 Å². The van der Waals surface area contributed by atoms with Gasteiger partial charge in [-0.1, -0.05) is 41.7 Å². The summed E-state index contributed by atoms with van der Waals surface area (Å²) in [5, 5.41) is 27.2. The molecule has 0 radical (unpaired) electrons. The SMILES string of the molecule is CC(C)(NC(=O)c1ncc(F)cc1F)C(=O)Nc1nc(-c2ccccc2)c(C(O)(O)N2CCOCC2)s1. The molecule has 0 spiro atoms. The Hall–Kier alpha value is -3.36. The van der Waals surface area contributed by atoms with Gasteiger partial charge in [0.1, 0.15) is 16.2 Å². The zero-order valence-corrected chi connectivity index (χ0v) is 20.8. The molecule has 1 aromatic carbocycles. The van der Waals surface area contributed by atoms with E-state index in [2.05, 4.69) is 20.6 Å². The van der Waals surface area contributed by atoms with Crippen molar-refractivity contribution in [2.45, 2.75) is 25.3 Å². The highest BCUT2D eigenvalue weighted by atomic mass is 32.1. The fourth-order valence-corrected chi connectivity index (χ4v) is 4.65. The van der Waals surface area contributed by atoms with Gasteiger partial charge in [-0.2, -0.15) is 0 Å². The monoisotopic (exact) mass is 533 g/mol. The number of morpholine rings is 1. The molecule has 1 aliphatic rings. The number of ether oxygens (including phenoxy) is 1. The Balaban J connectivity index is 1.59. The third-order valence-electron chi connectivity index (χ3n) is 5.67. The molecule has 13 heteroatoms. The molecule has 37 heavy (non-hydrogen) atoms. The van der Waals surface area contributed by atoms with Crippen LogP contribution in [-0.2, 0) is 15.4 Å². The molecule has 0 saturated carbocycles. The average molecular weight is 534 g/mol. The molecule has 1 fully saturated rings. The van der Waals surface area contributed by atoms with Crippen LogP contribution >= 0.6 is 11.3 Å². The highest BCUT2D eigenvalue weighted by Gasteiger charge is 2.41. The number of hydrogen-bond acceptors (Lipinski definition) is 9. The second kappa shape index (κ2) is 10.6. The molecule has 0 unspecified atom stereocenters. The lowest BCUT2D eigenvalue weighted by Gasteiger charge is -2.36. The number of nitrogens with zero attached hydrogens (tertiary/aromatic N) is 3. The van der Waals surface area contributed by atoms with E-state index in [1.165, 1.54) is 18.7 Å². The summed E-state index contributed by atoms with van der Waals surface area (Å²) >= 11 is 0.866. The normalized spacial score (nSPS) is 14.9.